The Hall–Kier alpha value is -1.88. The summed E-state index contributed by atoms with van der Waals surface area (Å²) in [5.74, 6) is -0.425. The molecule has 0 aliphatic rings. The van der Waals surface area contributed by atoms with E-state index in [2.05, 4.69) is 26.2 Å². The molecule has 0 saturated carbocycles. The van der Waals surface area contributed by atoms with Crippen LogP contribution in [0.2, 0.25) is 0 Å². The lowest BCUT2D eigenvalue weighted by Gasteiger charge is -2.08. The second-order valence-electron chi connectivity index (χ2n) is 4.33. The van der Waals surface area contributed by atoms with Gasteiger partial charge in [-0.25, -0.2) is 0 Å². The number of aromatic amines is 1. The lowest BCUT2D eigenvalue weighted by molar-refractivity contribution is 0.102. The van der Waals surface area contributed by atoms with Crippen LogP contribution in [-0.4, -0.2) is 10.9 Å². The van der Waals surface area contributed by atoms with Crippen LogP contribution >= 0.6 is 15.9 Å². The summed E-state index contributed by atoms with van der Waals surface area (Å²) in [6.07, 6.45) is 1.43. The van der Waals surface area contributed by atoms with Crippen molar-refractivity contribution in [3.8, 4) is 0 Å². The number of aryl methyl sites for hydroxylation is 2. The Labute approximate surface area is 119 Å². The first-order chi connectivity index (χ1) is 8.97. The maximum Gasteiger partial charge on any atom is 0.261 e. The number of halogens is 1. The summed E-state index contributed by atoms with van der Waals surface area (Å²) in [4.78, 5) is 26.6. The van der Waals surface area contributed by atoms with Crippen molar-refractivity contribution in [2.24, 2.45) is 0 Å². The van der Waals surface area contributed by atoms with Gasteiger partial charge in [0.05, 0.1) is 5.69 Å². The third kappa shape index (κ3) is 3.12. The van der Waals surface area contributed by atoms with Crippen LogP contribution in [0.5, 0.6) is 0 Å². The summed E-state index contributed by atoms with van der Waals surface area (Å²) in [5.41, 5.74) is 2.24. The molecule has 0 atom stereocenters. The lowest BCUT2D eigenvalue weighted by Crippen LogP contribution is -2.21. The molecule has 1 amide bonds. The van der Waals surface area contributed by atoms with Crippen molar-refractivity contribution < 1.29 is 4.79 Å². The third-order valence-corrected chi connectivity index (χ3v) is 3.33. The van der Waals surface area contributed by atoms with Gasteiger partial charge in [-0.15, -0.1) is 0 Å². The topological polar surface area (TPSA) is 62.0 Å². The largest absolute Gasteiger partial charge is 0.364 e. The zero-order chi connectivity index (χ0) is 14.0. The van der Waals surface area contributed by atoms with E-state index in [1.54, 1.807) is 13.0 Å². The maximum atomic E-state index is 12.0. The second-order valence-corrected chi connectivity index (χ2v) is 5.19. The maximum absolute atomic E-state index is 12.0. The van der Waals surface area contributed by atoms with E-state index in [-0.39, 0.29) is 11.0 Å². The Morgan fingerprint density at radius 1 is 1.26 bits per heavy atom. The van der Waals surface area contributed by atoms with Crippen molar-refractivity contribution in [2.75, 3.05) is 5.32 Å². The van der Waals surface area contributed by atoms with Gasteiger partial charge in [-0.3, -0.25) is 9.59 Å². The number of anilines is 1. The average molecular weight is 321 g/mol. The standard InChI is InChI=1S/C14H13BrN2O2/c1-8-3-4-12(11(15)5-8)17-14(19)10-7-16-9(2)6-13(10)18/h3-7H,1-2H3,(H,16,18)(H,17,19). The van der Waals surface area contributed by atoms with Gasteiger partial charge in [0.15, 0.2) is 5.43 Å². The van der Waals surface area contributed by atoms with Crippen LogP contribution in [0, 0.1) is 13.8 Å². The minimum absolute atomic E-state index is 0.0954. The molecule has 2 rings (SSSR count). The molecule has 5 heteroatoms. The molecule has 0 unspecified atom stereocenters. The molecule has 2 aromatic rings. The minimum Gasteiger partial charge on any atom is -0.364 e. The van der Waals surface area contributed by atoms with Gasteiger partial charge in [0, 0.05) is 22.4 Å². The van der Waals surface area contributed by atoms with Gasteiger partial charge < -0.3 is 10.3 Å². The fraction of sp³-hybridized carbons (Fsp3) is 0.143. The van der Waals surface area contributed by atoms with E-state index < -0.39 is 5.91 Å². The highest BCUT2D eigenvalue weighted by molar-refractivity contribution is 9.10. The van der Waals surface area contributed by atoms with Crippen molar-refractivity contribution in [3.05, 3.63) is 62.0 Å². The Kier molecular flexibility index (Phi) is 3.85. The summed E-state index contributed by atoms with van der Waals surface area (Å²) in [6.45, 7) is 3.72. The number of rotatable bonds is 2. The van der Waals surface area contributed by atoms with Crippen LogP contribution in [0.4, 0.5) is 5.69 Å². The van der Waals surface area contributed by atoms with Gasteiger partial charge in [0.25, 0.3) is 5.91 Å². The first-order valence-corrected chi connectivity index (χ1v) is 6.53. The van der Waals surface area contributed by atoms with Crippen molar-refractivity contribution in [1.29, 1.82) is 0 Å². The minimum atomic E-state index is -0.425. The first kappa shape index (κ1) is 13.5. The van der Waals surface area contributed by atoms with Gasteiger partial charge in [-0.2, -0.15) is 0 Å². The highest BCUT2D eigenvalue weighted by Crippen LogP contribution is 2.23. The van der Waals surface area contributed by atoms with Gasteiger partial charge in [-0.1, -0.05) is 6.07 Å². The van der Waals surface area contributed by atoms with Gasteiger partial charge in [-0.05, 0) is 47.5 Å². The van der Waals surface area contributed by atoms with Crippen LogP contribution in [-0.2, 0) is 0 Å². The van der Waals surface area contributed by atoms with Crippen LogP contribution in [0.3, 0.4) is 0 Å². The molecule has 1 aromatic heterocycles. The molecule has 4 nitrogen and oxygen atoms in total. The summed E-state index contributed by atoms with van der Waals surface area (Å²) < 4.78 is 0.782. The van der Waals surface area contributed by atoms with Crippen LogP contribution < -0.4 is 10.7 Å². The smallest absolute Gasteiger partial charge is 0.261 e. The molecule has 1 heterocycles. The number of benzene rings is 1. The fourth-order valence-electron chi connectivity index (χ4n) is 1.66. The highest BCUT2D eigenvalue weighted by atomic mass is 79.9. The van der Waals surface area contributed by atoms with E-state index in [0.717, 1.165) is 15.7 Å². The van der Waals surface area contributed by atoms with Gasteiger partial charge >= 0.3 is 0 Å². The molecular weight excluding hydrogens is 308 g/mol. The number of hydrogen-bond acceptors (Lipinski definition) is 2. The zero-order valence-corrected chi connectivity index (χ0v) is 12.2. The molecule has 1 aromatic carbocycles. The van der Waals surface area contributed by atoms with Crippen molar-refractivity contribution in [3.63, 3.8) is 0 Å². The molecule has 0 spiro atoms. The number of hydrogen-bond donors (Lipinski definition) is 2. The molecule has 19 heavy (non-hydrogen) atoms. The summed E-state index contributed by atoms with van der Waals surface area (Å²) >= 11 is 3.38. The van der Waals surface area contributed by atoms with Crippen LogP contribution in [0.1, 0.15) is 21.6 Å². The molecule has 2 N–H and O–H groups in total. The van der Waals surface area contributed by atoms with E-state index in [1.165, 1.54) is 12.3 Å². The summed E-state index contributed by atoms with van der Waals surface area (Å²) in [6, 6.07) is 6.98. The predicted octanol–water partition coefficient (Wildman–Crippen LogP) is 3.01. The van der Waals surface area contributed by atoms with Gasteiger partial charge in [0.2, 0.25) is 0 Å². The average Bonchev–Trinajstić information content (AvgIpc) is 2.32. The van der Waals surface area contributed by atoms with E-state index in [9.17, 15) is 9.59 Å². The molecule has 0 saturated heterocycles. The SMILES string of the molecule is Cc1ccc(NC(=O)c2c[nH]c(C)cc2=O)c(Br)c1. The lowest BCUT2D eigenvalue weighted by atomic mass is 10.2. The summed E-state index contributed by atoms with van der Waals surface area (Å²) in [7, 11) is 0. The van der Waals surface area contributed by atoms with Crippen molar-refractivity contribution in [2.45, 2.75) is 13.8 Å². The molecule has 98 valence electrons. The van der Waals surface area contributed by atoms with E-state index >= 15 is 0 Å². The molecule has 0 aliphatic heterocycles. The molecule has 0 aliphatic carbocycles. The molecule has 0 radical (unpaired) electrons. The number of carbonyl (C=O) groups is 1. The van der Waals surface area contributed by atoms with Crippen molar-refractivity contribution >= 4 is 27.5 Å². The molecule has 0 bridgehead atoms. The monoisotopic (exact) mass is 320 g/mol. The Bertz CT molecular complexity index is 692. The normalized spacial score (nSPS) is 10.3. The zero-order valence-electron chi connectivity index (χ0n) is 10.6. The number of aromatic nitrogens is 1. The number of amides is 1. The summed E-state index contributed by atoms with van der Waals surface area (Å²) in [5, 5.41) is 2.71. The van der Waals surface area contributed by atoms with E-state index in [4.69, 9.17) is 0 Å². The van der Waals surface area contributed by atoms with Crippen LogP contribution in [0.25, 0.3) is 0 Å². The predicted molar refractivity (Wildman–Crippen MR) is 78.6 cm³/mol. The second kappa shape index (κ2) is 5.40. The third-order valence-electron chi connectivity index (χ3n) is 2.67. The number of H-pyrrole nitrogens is 1. The quantitative estimate of drug-likeness (QED) is 0.893. The Morgan fingerprint density at radius 2 is 2.00 bits per heavy atom. The number of pyridine rings is 1. The van der Waals surface area contributed by atoms with Crippen LogP contribution in [0.15, 0.2) is 39.7 Å². The number of carbonyl (C=O) groups excluding carboxylic acids is 1. The fourth-order valence-corrected chi connectivity index (χ4v) is 2.25. The Morgan fingerprint density at radius 3 is 2.63 bits per heavy atom. The first-order valence-electron chi connectivity index (χ1n) is 5.74. The molecular formula is C14H13BrN2O2. The Balaban J connectivity index is 2.28. The van der Waals surface area contributed by atoms with E-state index in [0.29, 0.717) is 5.69 Å². The highest BCUT2D eigenvalue weighted by Gasteiger charge is 2.11. The van der Waals surface area contributed by atoms with Crippen molar-refractivity contribution in [1.82, 2.24) is 4.98 Å². The van der Waals surface area contributed by atoms with Gasteiger partial charge in [0.1, 0.15) is 5.56 Å². The van der Waals surface area contributed by atoms with E-state index in [1.807, 2.05) is 19.1 Å². The number of nitrogens with one attached hydrogen (secondary N) is 2. The molecule has 0 fully saturated rings.